The lowest BCUT2D eigenvalue weighted by molar-refractivity contribution is -0.140. The van der Waals surface area contributed by atoms with Crippen LogP contribution in [-0.2, 0) is 9.59 Å². The molecule has 0 unspecified atom stereocenters. The molecule has 0 radical (unpaired) electrons. The summed E-state index contributed by atoms with van der Waals surface area (Å²) in [4.78, 5) is 36.5. The average molecular weight is 301 g/mol. The lowest BCUT2D eigenvalue weighted by Gasteiger charge is -2.34. The molecule has 1 N–H and O–H groups in total. The third-order valence-corrected chi connectivity index (χ3v) is 3.63. The number of benzene rings is 1. The Hall–Kier alpha value is -1.59. The van der Waals surface area contributed by atoms with Gasteiger partial charge in [-0.3, -0.25) is 14.9 Å². The van der Waals surface area contributed by atoms with Crippen molar-refractivity contribution in [2.24, 2.45) is 5.41 Å². The zero-order chi connectivity index (χ0) is 14.4. The third-order valence-electron chi connectivity index (χ3n) is 2.89. The first-order valence-electron chi connectivity index (χ1n) is 5.40. The van der Waals surface area contributed by atoms with E-state index in [0.29, 0.717) is 5.02 Å². The van der Waals surface area contributed by atoms with Crippen molar-refractivity contribution >= 4 is 46.7 Å². The molecule has 1 aliphatic heterocycles. The van der Waals surface area contributed by atoms with Crippen LogP contribution < -0.4 is 10.2 Å². The fourth-order valence-corrected chi connectivity index (χ4v) is 1.93. The van der Waals surface area contributed by atoms with Gasteiger partial charge in [0.2, 0.25) is 11.8 Å². The van der Waals surface area contributed by atoms with Crippen molar-refractivity contribution in [3.05, 3.63) is 28.2 Å². The fraction of sp³-hybridized carbons (Fsp3) is 0.250. The number of amides is 4. The van der Waals surface area contributed by atoms with Gasteiger partial charge in [-0.25, -0.2) is 9.69 Å². The van der Waals surface area contributed by atoms with E-state index < -0.39 is 23.3 Å². The highest BCUT2D eigenvalue weighted by molar-refractivity contribution is 6.42. The number of nitrogens with one attached hydrogen (secondary N) is 1. The second-order valence-corrected chi connectivity index (χ2v) is 5.44. The monoisotopic (exact) mass is 300 g/mol. The van der Waals surface area contributed by atoms with E-state index in [0.717, 1.165) is 4.90 Å². The summed E-state index contributed by atoms with van der Waals surface area (Å²) in [5.41, 5.74) is -1.06. The minimum atomic E-state index is -1.32. The Morgan fingerprint density at radius 1 is 1.11 bits per heavy atom. The lowest BCUT2D eigenvalue weighted by atomic mass is 9.88. The predicted molar refractivity (Wildman–Crippen MR) is 71.3 cm³/mol. The normalized spacial score (nSPS) is 18.5. The van der Waals surface area contributed by atoms with E-state index in [4.69, 9.17) is 23.2 Å². The summed E-state index contributed by atoms with van der Waals surface area (Å²) >= 11 is 11.6. The number of hydrogen-bond donors (Lipinski definition) is 1. The van der Waals surface area contributed by atoms with Crippen molar-refractivity contribution in [3.63, 3.8) is 0 Å². The standard InChI is InChI=1S/C12H10Cl2N2O3/c1-12(2)9(17)15-11(19)16(10(12)18)6-3-4-7(13)8(14)5-6/h3-5H,1-2H3,(H,15,17,19). The van der Waals surface area contributed by atoms with Gasteiger partial charge in [0, 0.05) is 0 Å². The Kier molecular flexibility index (Phi) is 3.28. The van der Waals surface area contributed by atoms with Crippen LogP contribution in [-0.4, -0.2) is 17.8 Å². The molecule has 1 aromatic rings. The van der Waals surface area contributed by atoms with Crippen molar-refractivity contribution in [1.29, 1.82) is 0 Å². The SMILES string of the molecule is CC1(C)C(=O)NC(=O)N(c2ccc(Cl)c(Cl)c2)C1=O. The van der Waals surface area contributed by atoms with E-state index >= 15 is 0 Å². The summed E-state index contributed by atoms with van der Waals surface area (Å²) in [5.74, 6) is -1.24. The highest BCUT2D eigenvalue weighted by Gasteiger charge is 2.47. The number of barbiturate groups is 1. The number of carbonyl (C=O) groups excluding carboxylic acids is 3. The van der Waals surface area contributed by atoms with E-state index in [2.05, 4.69) is 5.32 Å². The predicted octanol–water partition coefficient (Wildman–Crippen LogP) is 2.60. The average Bonchev–Trinajstić information content (AvgIpc) is 2.32. The van der Waals surface area contributed by atoms with Crippen LogP contribution in [0.15, 0.2) is 18.2 Å². The van der Waals surface area contributed by atoms with Gasteiger partial charge < -0.3 is 0 Å². The quantitative estimate of drug-likeness (QED) is 0.811. The zero-order valence-electron chi connectivity index (χ0n) is 10.2. The number of anilines is 1. The maximum Gasteiger partial charge on any atom is 0.335 e. The summed E-state index contributed by atoms with van der Waals surface area (Å²) in [6.45, 7) is 2.89. The van der Waals surface area contributed by atoms with Gasteiger partial charge in [0.25, 0.3) is 0 Å². The van der Waals surface area contributed by atoms with Gasteiger partial charge in [-0.1, -0.05) is 23.2 Å². The van der Waals surface area contributed by atoms with E-state index in [9.17, 15) is 14.4 Å². The number of hydrogen-bond acceptors (Lipinski definition) is 3. The second-order valence-electron chi connectivity index (χ2n) is 4.62. The van der Waals surface area contributed by atoms with Crippen LogP contribution in [0.25, 0.3) is 0 Å². The summed E-state index contributed by atoms with van der Waals surface area (Å²) in [7, 11) is 0. The lowest BCUT2D eigenvalue weighted by Crippen LogP contribution is -2.62. The highest BCUT2D eigenvalue weighted by Crippen LogP contribution is 2.32. The molecule has 5 nitrogen and oxygen atoms in total. The summed E-state index contributed by atoms with van der Waals surface area (Å²) in [6.07, 6.45) is 0. The molecule has 0 spiro atoms. The number of halogens is 2. The number of carbonyl (C=O) groups is 3. The molecular formula is C12H10Cl2N2O3. The Labute approximate surface area is 119 Å². The molecule has 1 aromatic carbocycles. The molecule has 7 heteroatoms. The van der Waals surface area contributed by atoms with Gasteiger partial charge in [-0.2, -0.15) is 0 Å². The number of nitrogens with zero attached hydrogens (tertiary/aromatic N) is 1. The van der Waals surface area contributed by atoms with Crippen LogP contribution in [0.4, 0.5) is 10.5 Å². The maximum atomic E-state index is 12.2. The van der Waals surface area contributed by atoms with Crippen molar-refractivity contribution in [2.45, 2.75) is 13.8 Å². The number of imide groups is 2. The molecule has 1 fully saturated rings. The molecule has 0 atom stereocenters. The second kappa shape index (κ2) is 4.51. The minimum absolute atomic E-state index is 0.217. The maximum absolute atomic E-state index is 12.2. The van der Waals surface area contributed by atoms with Gasteiger partial charge in [-0.05, 0) is 32.0 Å². The zero-order valence-corrected chi connectivity index (χ0v) is 11.7. The molecule has 0 bridgehead atoms. The van der Waals surface area contributed by atoms with Crippen LogP contribution in [0.2, 0.25) is 10.0 Å². The third kappa shape index (κ3) is 2.19. The molecule has 0 saturated carbocycles. The molecule has 1 heterocycles. The molecule has 100 valence electrons. The number of urea groups is 1. The molecule has 0 aliphatic carbocycles. The first kappa shape index (κ1) is 13.8. The van der Waals surface area contributed by atoms with E-state index in [1.807, 2.05) is 0 Å². The topological polar surface area (TPSA) is 66.5 Å². The molecule has 4 amide bonds. The highest BCUT2D eigenvalue weighted by atomic mass is 35.5. The van der Waals surface area contributed by atoms with Crippen LogP contribution >= 0.6 is 23.2 Å². The molecule has 1 saturated heterocycles. The van der Waals surface area contributed by atoms with Crippen molar-refractivity contribution in [3.8, 4) is 0 Å². The first-order valence-corrected chi connectivity index (χ1v) is 6.16. The molecule has 2 rings (SSSR count). The Balaban J connectivity index is 2.48. The first-order chi connectivity index (χ1) is 8.75. The van der Waals surface area contributed by atoms with Gasteiger partial charge in [0.1, 0.15) is 5.41 Å². The van der Waals surface area contributed by atoms with Crippen LogP contribution in [0, 0.1) is 5.41 Å². The molecule has 19 heavy (non-hydrogen) atoms. The van der Waals surface area contributed by atoms with E-state index in [1.165, 1.54) is 32.0 Å². The smallest absolute Gasteiger partial charge is 0.276 e. The largest absolute Gasteiger partial charge is 0.335 e. The summed E-state index contributed by atoms with van der Waals surface area (Å²) < 4.78 is 0. The Morgan fingerprint density at radius 2 is 1.74 bits per heavy atom. The van der Waals surface area contributed by atoms with Gasteiger partial charge in [-0.15, -0.1) is 0 Å². The molecule has 1 aliphatic rings. The summed E-state index contributed by atoms with van der Waals surface area (Å²) in [5, 5.41) is 2.66. The van der Waals surface area contributed by atoms with Gasteiger partial charge >= 0.3 is 6.03 Å². The Morgan fingerprint density at radius 3 is 2.32 bits per heavy atom. The minimum Gasteiger partial charge on any atom is -0.276 e. The number of rotatable bonds is 1. The van der Waals surface area contributed by atoms with E-state index in [1.54, 1.807) is 0 Å². The van der Waals surface area contributed by atoms with Gasteiger partial charge in [0.05, 0.1) is 15.7 Å². The Bertz CT molecular complexity index is 599. The van der Waals surface area contributed by atoms with Crippen LogP contribution in [0.3, 0.4) is 0 Å². The van der Waals surface area contributed by atoms with Crippen molar-refractivity contribution in [2.75, 3.05) is 4.90 Å². The molecule has 0 aromatic heterocycles. The van der Waals surface area contributed by atoms with Crippen molar-refractivity contribution < 1.29 is 14.4 Å². The molecular weight excluding hydrogens is 291 g/mol. The van der Waals surface area contributed by atoms with Crippen molar-refractivity contribution in [1.82, 2.24) is 5.32 Å². The van der Waals surface area contributed by atoms with E-state index in [-0.39, 0.29) is 10.7 Å². The van der Waals surface area contributed by atoms with Gasteiger partial charge in [0.15, 0.2) is 0 Å². The fourth-order valence-electron chi connectivity index (χ4n) is 1.64. The summed E-state index contributed by atoms with van der Waals surface area (Å²) in [6, 6.07) is 3.56. The van der Waals surface area contributed by atoms with Crippen LogP contribution in [0.1, 0.15) is 13.8 Å². The van der Waals surface area contributed by atoms with Crippen LogP contribution in [0.5, 0.6) is 0 Å².